The molecule has 3 N–H and O–H groups in total. The summed E-state index contributed by atoms with van der Waals surface area (Å²) in [4.78, 5) is 16.9. The van der Waals surface area contributed by atoms with Crippen LogP contribution in [-0.2, 0) is 6.18 Å². The molecule has 0 fully saturated rings. The summed E-state index contributed by atoms with van der Waals surface area (Å²) in [6.45, 7) is 0.417. The molecule has 0 radical (unpaired) electrons. The number of carbonyl (C=O) groups is 1. The first kappa shape index (κ1) is 32.7. The van der Waals surface area contributed by atoms with E-state index in [-0.39, 0.29) is 5.69 Å². The van der Waals surface area contributed by atoms with Crippen LogP contribution in [-0.4, -0.2) is 30.6 Å². The SMILES string of the molecule is COc1cc2c(Nc3ccc(Oc4cccc(NC(=O)Nc5cccc(C(F)(F)F)c5)c4)cc3)c(C#N)cnc2cc1OCCCCl. The summed E-state index contributed by atoms with van der Waals surface area (Å²) >= 11 is 5.77. The van der Waals surface area contributed by atoms with Crippen LogP contribution in [0.15, 0.2) is 91.1 Å². The number of benzene rings is 4. The van der Waals surface area contributed by atoms with Crippen molar-refractivity contribution in [3.8, 4) is 29.1 Å². The number of halogens is 4. The van der Waals surface area contributed by atoms with Crippen LogP contribution in [0.4, 0.5) is 40.7 Å². The molecule has 0 aliphatic heterocycles. The average Bonchev–Trinajstić information content (AvgIpc) is 3.05. The highest BCUT2D eigenvalue weighted by atomic mass is 35.5. The lowest BCUT2D eigenvalue weighted by Gasteiger charge is -2.15. The Morgan fingerprint density at radius 1 is 0.915 bits per heavy atom. The van der Waals surface area contributed by atoms with E-state index < -0.39 is 17.8 Å². The van der Waals surface area contributed by atoms with Crippen LogP contribution in [0.25, 0.3) is 10.9 Å². The molecule has 0 atom stereocenters. The minimum absolute atomic E-state index is 0.00362. The zero-order valence-corrected chi connectivity index (χ0v) is 25.6. The number of fused-ring (bicyclic) bond motifs is 1. The summed E-state index contributed by atoms with van der Waals surface area (Å²) in [6.07, 6.45) is -2.38. The van der Waals surface area contributed by atoms with Gasteiger partial charge in [-0.15, -0.1) is 11.6 Å². The number of nitriles is 1. The zero-order chi connectivity index (χ0) is 33.4. The molecule has 5 aromatic rings. The number of nitrogens with one attached hydrogen (secondary N) is 3. The molecule has 0 bridgehead atoms. The number of rotatable bonds is 11. The van der Waals surface area contributed by atoms with Crippen LogP contribution in [0.3, 0.4) is 0 Å². The molecule has 0 aliphatic carbocycles. The van der Waals surface area contributed by atoms with Gasteiger partial charge in [0.1, 0.15) is 17.6 Å². The van der Waals surface area contributed by atoms with Crippen molar-refractivity contribution in [2.75, 3.05) is 35.5 Å². The number of ether oxygens (including phenoxy) is 3. The molecule has 2 amide bonds. The third-order valence-electron chi connectivity index (χ3n) is 6.71. The van der Waals surface area contributed by atoms with Crippen LogP contribution in [0, 0.1) is 11.3 Å². The number of amides is 2. The lowest BCUT2D eigenvalue weighted by atomic mass is 10.1. The average molecular weight is 662 g/mol. The second-order valence-corrected chi connectivity index (χ2v) is 10.4. The van der Waals surface area contributed by atoms with Crippen molar-refractivity contribution in [3.63, 3.8) is 0 Å². The molecule has 5 rings (SSSR count). The maximum absolute atomic E-state index is 13.0. The molecule has 1 aromatic heterocycles. The predicted molar refractivity (Wildman–Crippen MR) is 174 cm³/mol. The third kappa shape index (κ3) is 8.33. The van der Waals surface area contributed by atoms with E-state index in [9.17, 15) is 23.2 Å². The smallest absolute Gasteiger partial charge is 0.416 e. The Bertz CT molecular complexity index is 1930. The van der Waals surface area contributed by atoms with Gasteiger partial charge in [0.05, 0.1) is 36.0 Å². The van der Waals surface area contributed by atoms with Crippen molar-refractivity contribution in [2.24, 2.45) is 0 Å². The molecular weight excluding hydrogens is 635 g/mol. The van der Waals surface area contributed by atoms with Crippen molar-refractivity contribution in [2.45, 2.75) is 12.6 Å². The minimum atomic E-state index is -4.53. The molecular formula is C34H27ClF3N5O4. The zero-order valence-electron chi connectivity index (χ0n) is 24.8. The molecule has 1 heterocycles. The van der Waals surface area contributed by atoms with Crippen LogP contribution < -0.4 is 30.2 Å². The number of hydrogen-bond acceptors (Lipinski definition) is 7. The van der Waals surface area contributed by atoms with E-state index in [0.29, 0.717) is 75.4 Å². The van der Waals surface area contributed by atoms with Gasteiger partial charge in [0, 0.05) is 46.7 Å². The van der Waals surface area contributed by atoms with Crippen molar-refractivity contribution in [1.82, 2.24) is 4.98 Å². The first-order valence-corrected chi connectivity index (χ1v) is 14.7. The van der Waals surface area contributed by atoms with Crippen LogP contribution in [0.1, 0.15) is 17.5 Å². The van der Waals surface area contributed by atoms with E-state index in [1.807, 2.05) is 0 Å². The highest BCUT2D eigenvalue weighted by Gasteiger charge is 2.30. The van der Waals surface area contributed by atoms with Crippen molar-refractivity contribution < 1.29 is 32.2 Å². The maximum Gasteiger partial charge on any atom is 0.416 e. The van der Waals surface area contributed by atoms with Gasteiger partial charge < -0.3 is 30.2 Å². The molecule has 4 aromatic carbocycles. The van der Waals surface area contributed by atoms with Gasteiger partial charge in [0.2, 0.25) is 0 Å². The topological polar surface area (TPSA) is 118 Å². The van der Waals surface area contributed by atoms with Gasteiger partial charge >= 0.3 is 12.2 Å². The summed E-state index contributed by atoms with van der Waals surface area (Å²) in [6, 6.07) is 22.8. The monoisotopic (exact) mass is 661 g/mol. The Morgan fingerprint density at radius 3 is 2.32 bits per heavy atom. The van der Waals surface area contributed by atoms with Crippen LogP contribution in [0.5, 0.6) is 23.0 Å². The number of anilines is 4. The van der Waals surface area contributed by atoms with E-state index in [1.54, 1.807) is 60.7 Å². The third-order valence-corrected chi connectivity index (χ3v) is 6.98. The van der Waals surface area contributed by atoms with Crippen molar-refractivity contribution >= 4 is 51.3 Å². The van der Waals surface area contributed by atoms with Crippen molar-refractivity contribution in [1.29, 1.82) is 5.26 Å². The Morgan fingerprint density at radius 2 is 1.64 bits per heavy atom. The number of nitrogens with zero attached hydrogens (tertiary/aromatic N) is 2. The fourth-order valence-corrected chi connectivity index (χ4v) is 4.63. The normalized spacial score (nSPS) is 11.0. The van der Waals surface area contributed by atoms with E-state index in [2.05, 4.69) is 27.0 Å². The molecule has 0 unspecified atom stereocenters. The number of urea groups is 1. The predicted octanol–water partition coefficient (Wildman–Crippen LogP) is 9.32. The quantitative estimate of drug-likeness (QED) is 0.0954. The summed E-state index contributed by atoms with van der Waals surface area (Å²) < 4.78 is 56.3. The number of hydrogen-bond donors (Lipinski definition) is 3. The lowest BCUT2D eigenvalue weighted by molar-refractivity contribution is -0.137. The van der Waals surface area contributed by atoms with Gasteiger partial charge in [0.25, 0.3) is 0 Å². The molecule has 0 aliphatic rings. The summed E-state index contributed by atoms with van der Waals surface area (Å²) in [5.41, 5.74) is 1.63. The lowest BCUT2D eigenvalue weighted by Crippen LogP contribution is -2.19. The fourth-order valence-electron chi connectivity index (χ4n) is 4.52. The molecule has 47 heavy (non-hydrogen) atoms. The molecule has 0 saturated heterocycles. The highest BCUT2D eigenvalue weighted by Crippen LogP contribution is 2.38. The first-order valence-electron chi connectivity index (χ1n) is 14.2. The van der Waals surface area contributed by atoms with Crippen molar-refractivity contribution in [3.05, 3.63) is 102 Å². The Labute approximate surface area is 272 Å². The molecule has 240 valence electrons. The molecule has 13 heteroatoms. The Hall–Kier alpha value is -5.67. The first-order chi connectivity index (χ1) is 22.7. The van der Waals surface area contributed by atoms with E-state index >= 15 is 0 Å². The standard InChI is InChI=1S/C34H27ClF3N5O4/c1-45-30-17-28-29(18-31(30)46-14-4-13-35)40-20-21(19-39)32(28)41-23-9-11-26(12-10-23)47-27-8-3-7-25(16-27)43-33(44)42-24-6-2-5-22(15-24)34(36,37)38/h2-3,5-12,15-18,20H,4,13-14H2,1H3,(H,40,41)(H2,42,43,44). The molecule has 9 nitrogen and oxygen atoms in total. The van der Waals surface area contributed by atoms with Crippen LogP contribution in [0.2, 0.25) is 0 Å². The highest BCUT2D eigenvalue weighted by molar-refractivity contribution is 6.17. The van der Waals surface area contributed by atoms with E-state index in [1.165, 1.54) is 25.4 Å². The second kappa shape index (κ2) is 14.6. The molecule has 0 spiro atoms. The van der Waals surface area contributed by atoms with Gasteiger partial charge in [-0.1, -0.05) is 12.1 Å². The number of alkyl halides is 4. The van der Waals surface area contributed by atoms with Crippen LogP contribution >= 0.6 is 11.6 Å². The number of pyridine rings is 1. The fraction of sp³-hybridized carbons (Fsp3) is 0.147. The van der Waals surface area contributed by atoms with Gasteiger partial charge in [-0.2, -0.15) is 18.4 Å². The Kier molecular flexibility index (Phi) is 10.2. The number of carbonyl (C=O) groups excluding carboxylic acids is 1. The number of methoxy groups -OCH3 is 1. The van der Waals surface area contributed by atoms with Gasteiger partial charge in [-0.25, -0.2) is 4.79 Å². The summed E-state index contributed by atoms with van der Waals surface area (Å²) in [7, 11) is 1.53. The summed E-state index contributed by atoms with van der Waals surface area (Å²) in [5.74, 6) is 2.37. The van der Waals surface area contributed by atoms with Gasteiger partial charge in [-0.05, 0) is 67.1 Å². The van der Waals surface area contributed by atoms with Gasteiger partial charge in [0.15, 0.2) is 11.5 Å². The van der Waals surface area contributed by atoms with Gasteiger partial charge in [-0.3, -0.25) is 4.98 Å². The Balaban J connectivity index is 1.27. The number of aromatic nitrogens is 1. The maximum atomic E-state index is 13.0. The largest absolute Gasteiger partial charge is 0.493 e. The van der Waals surface area contributed by atoms with E-state index in [4.69, 9.17) is 25.8 Å². The second-order valence-electron chi connectivity index (χ2n) is 10.0. The molecule has 0 saturated carbocycles. The van der Waals surface area contributed by atoms with E-state index in [0.717, 1.165) is 12.1 Å². The summed E-state index contributed by atoms with van der Waals surface area (Å²) in [5, 5.41) is 18.7. The minimum Gasteiger partial charge on any atom is -0.493 e.